The Morgan fingerprint density at radius 3 is 3.08 bits per heavy atom. The molecule has 1 saturated heterocycles. The molecule has 8 heteroatoms. The van der Waals surface area contributed by atoms with Crippen LogP contribution in [-0.4, -0.2) is 32.6 Å². The molecule has 3 heterocycles. The highest BCUT2D eigenvalue weighted by Gasteiger charge is 2.23. The first-order chi connectivity index (χ1) is 12.3. The Balaban J connectivity index is 1.26. The van der Waals surface area contributed by atoms with E-state index in [1.54, 1.807) is 0 Å². The van der Waals surface area contributed by atoms with Crippen molar-refractivity contribution >= 4 is 16.9 Å². The number of ether oxygens (including phenoxy) is 1. The molecular weight excluding hydrogens is 322 g/mol. The van der Waals surface area contributed by atoms with Crippen LogP contribution in [0.4, 0.5) is 0 Å². The van der Waals surface area contributed by atoms with Crippen LogP contribution in [0.1, 0.15) is 42.9 Å². The van der Waals surface area contributed by atoms with Crippen LogP contribution in [0.15, 0.2) is 28.8 Å². The number of para-hydroxylation sites is 2. The van der Waals surface area contributed by atoms with E-state index in [4.69, 9.17) is 9.26 Å². The number of hydrogen-bond acceptors (Lipinski definition) is 6. The average molecular weight is 341 g/mol. The van der Waals surface area contributed by atoms with Gasteiger partial charge in [-0.2, -0.15) is 4.98 Å². The highest BCUT2D eigenvalue weighted by molar-refractivity contribution is 5.77. The first-order valence-electron chi connectivity index (χ1n) is 8.42. The Kier molecular flexibility index (Phi) is 4.43. The summed E-state index contributed by atoms with van der Waals surface area (Å²) >= 11 is 0. The molecule has 0 aliphatic carbocycles. The third-order valence-electron chi connectivity index (χ3n) is 4.16. The number of nitrogens with zero attached hydrogens (tertiary/aromatic N) is 3. The molecule has 130 valence electrons. The highest BCUT2D eigenvalue weighted by atomic mass is 16.5. The predicted octanol–water partition coefficient (Wildman–Crippen LogP) is 2.05. The zero-order valence-corrected chi connectivity index (χ0v) is 13.7. The summed E-state index contributed by atoms with van der Waals surface area (Å²) in [7, 11) is 0. The number of hydrogen-bond donors (Lipinski definition) is 2. The van der Waals surface area contributed by atoms with Gasteiger partial charge in [-0.15, -0.1) is 0 Å². The van der Waals surface area contributed by atoms with Crippen LogP contribution in [0.2, 0.25) is 0 Å². The second-order valence-corrected chi connectivity index (χ2v) is 6.03. The van der Waals surface area contributed by atoms with Crippen molar-refractivity contribution < 1.29 is 14.1 Å². The number of H-pyrrole nitrogens is 1. The number of nitrogens with one attached hydrogen (secondary N) is 2. The van der Waals surface area contributed by atoms with Crippen LogP contribution in [0.3, 0.4) is 0 Å². The minimum Gasteiger partial charge on any atom is -0.368 e. The van der Waals surface area contributed by atoms with E-state index < -0.39 is 0 Å². The Bertz CT molecular complexity index is 833. The quantitative estimate of drug-likeness (QED) is 0.711. The van der Waals surface area contributed by atoms with Crippen molar-refractivity contribution in [2.45, 2.75) is 38.3 Å². The number of benzene rings is 1. The van der Waals surface area contributed by atoms with E-state index in [9.17, 15) is 4.79 Å². The molecule has 25 heavy (non-hydrogen) atoms. The second kappa shape index (κ2) is 7.02. The van der Waals surface area contributed by atoms with Crippen molar-refractivity contribution in [3.8, 4) is 0 Å². The number of carbonyl (C=O) groups excluding carboxylic acids is 1. The number of rotatable bonds is 6. The molecule has 8 nitrogen and oxygen atoms in total. The SMILES string of the molecule is O=C(CCc1nc2ccccc2[nH]1)NCc1noc([C@@H]2CCCO2)n1. The van der Waals surface area contributed by atoms with Crippen LogP contribution in [0, 0.1) is 0 Å². The standard InChI is InChI=1S/C17H19N5O3/c23-16(8-7-14-19-11-4-1-2-5-12(11)20-14)18-10-15-21-17(25-22-15)13-6-3-9-24-13/h1-2,4-5,13H,3,6-10H2,(H,18,23)(H,19,20)/t13-/m0/s1. The van der Waals surface area contributed by atoms with Gasteiger partial charge in [-0.3, -0.25) is 4.79 Å². The van der Waals surface area contributed by atoms with Crippen molar-refractivity contribution in [3.05, 3.63) is 41.8 Å². The smallest absolute Gasteiger partial charge is 0.255 e. The average Bonchev–Trinajstić information content (AvgIpc) is 3.37. The summed E-state index contributed by atoms with van der Waals surface area (Å²) in [6, 6.07) is 7.80. The van der Waals surface area contributed by atoms with Crippen molar-refractivity contribution in [1.29, 1.82) is 0 Å². The summed E-state index contributed by atoms with van der Waals surface area (Å²) < 4.78 is 10.7. The van der Waals surface area contributed by atoms with Crippen molar-refractivity contribution in [1.82, 2.24) is 25.4 Å². The monoisotopic (exact) mass is 341 g/mol. The lowest BCUT2D eigenvalue weighted by atomic mass is 10.2. The third-order valence-corrected chi connectivity index (χ3v) is 4.16. The summed E-state index contributed by atoms with van der Waals surface area (Å²) in [6.07, 6.45) is 2.68. The zero-order valence-electron chi connectivity index (χ0n) is 13.7. The summed E-state index contributed by atoms with van der Waals surface area (Å²) in [5.74, 6) is 1.67. The molecule has 1 aromatic carbocycles. The number of carbonyl (C=O) groups is 1. The predicted molar refractivity (Wildman–Crippen MR) is 88.5 cm³/mol. The van der Waals surface area contributed by atoms with Gasteiger partial charge < -0.3 is 19.6 Å². The molecule has 1 amide bonds. The summed E-state index contributed by atoms with van der Waals surface area (Å²) in [4.78, 5) is 24.0. The van der Waals surface area contributed by atoms with Gasteiger partial charge in [0.25, 0.3) is 5.89 Å². The van der Waals surface area contributed by atoms with Crippen LogP contribution < -0.4 is 5.32 Å². The van der Waals surface area contributed by atoms with Gasteiger partial charge in [0.05, 0.1) is 17.6 Å². The first kappa shape index (κ1) is 15.8. The maximum atomic E-state index is 12.0. The molecule has 1 atom stereocenters. The largest absolute Gasteiger partial charge is 0.368 e. The molecule has 1 aliphatic rings. The van der Waals surface area contributed by atoms with E-state index in [0.29, 0.717) is 24.6 Å². The molecule has 0 unspecified atom stereocenters. The molecule has 0 saturated carbocycles. The van der Waals surface area contributed by atoms with E-state index in [1.807, 2.05) is 24.3 Å². The van der Waals surface area contributed by atoms with E-state index >= 15 is 0 Å². The maximum absolute atomic E-state index is 12.0. The fraction of sp³-hybridized carbons (Fsp3) is 0.412. The van der Waals surface area contributed by atoms with Gasteiger partial charge in [-0.25, -0.2) is 4.98 Å². The van der Waals surface area contributed by atoms with Crippen molar-refractivity contribution in [3.63, 3.8) is 0 Å². The molecule has 3 aromatic rings. The maximum Gasteiger partial charge on any atom is 0.255 e. The van der Waals surface area contributed by atoms with E-state index in [-0.39, 0.29) is 18.6 Å². The number of aromatic amines is 1. The van der Waals surface area contributed by atoms with Crippen molar-refractivity contribution in [2.75, 3.05) is 6.61 Å². The van der Waals surface area contributed by atoms with E-state index in [2.05, 4.69) is 25.4 Å². The Hall–Kier alpha value is -2.74. The highest BCUT2D eigenvalue weighted by Crippen LogP contribution is 2.26. The molecule has 1 fully saturated rings. The van der Waals surface area contributed by atoms with Crippen LogP contribution in [-0.2, 0) is 22.5 Å². The molecule has 0 bridgehead atoms. The zero-order chi connectivity index (χ0) is 17.1. The van der Waals surface area contributed by atoms with Gasteiger partial charge in [0, 0.05) is 19.4 Å². The molecule has 1 aliphatic heterocycles. The molecule has 2 N–H and O–H groups in total. The first-order valence-corrected chi connectivity index (χ1v) is 8.42. The Labute approximate surface area is 144 Å². The molecule has 0 radical (unpaired) electrons. The van der Waals surface area contributed by atoms with Gasteiger partial charge in [0.1, 0.15) is 11.9 Å². The van der Waals surface area contributed by atoms with Gasteiger partial charge in [-0.05, 0) is 25.0 Å². The topological polar surface area (TPSA) is 106 Å². The van der Waals surface area contributed by atoms with Gasteiger partial charge in [0.15, 0.2) is 5.82 Å². The molecule has 0 spiro atoms. The minimum absolute atomic E-state index is 0.0797. The fourth-order valence-corrected chi connectivity index (χ4v) is 2.86. The van der Waals surface area contributed by atoms with Crippen molar-refractivity contribution in [2.24, 2.45) is 0 Å². The third kappa shape index (κ3) is 3.69. The van der Waals surface area contributed by atoms with Crippen LogP contribution in [0.5, 0.6) is 0 Å². The van der Waals surface area contributed by atoms with Crippen LogP contribution >= 0.6 is 0 Å². The van der Waals surface area contributed by atoms with Gasteiger partial charge in [-0.1, -0.05) is 17.3 Å². The molecular formula is C17H19N5O3. The van der Waals surface area contributed by atoms with Crippen LogP contribution in [0.25, 0.3) is 11.0 Å². The lowest BCUT2D eigenvalue weighted by molar-refractivity contribution is -0.121. The second-order valence-electron chi connectivity index (χ2n) is 6.03. The normalized spacial score (nSPS) is 17.2. The lowest BCUT2D eigenvalue weighted by Gasteiger charge is -2.01. The van der Waals surface area contributed by atoms with Gasteiger partial charge >= 0.3 is 0 Å². The molecule has 2 aromatic heterocycles. The molecule has 4 rings (SSSR count). The number of aryl methyl sites for hydroxylation is 1. The Morgan fingerprint density at radius 1 is 1.32 bits per heavy atom. The lowest BCUT2D eigenvalue weighted by Crippen LogP contribution is -2.23. The number of amides is 1. The summed E-state index contributed by atoms with van der Waals surface area (Å²) in [5, 5.41) is 6.68. The number of aromatic nitrogens is 4. The van der Waals surface area contributed by atoms with Gasteiger partial charge in [0.2, 0.25) is 5.91 Å². The van der Waals surface area contributed by atoms with E-state index in [0.717, 1.165) is 36.3 Å². The number of imidazole rings is 1. The summed E-state index contributed by atoms with van der Waals surface area (Å²) in [6.45, 7) is 0.968. The Morgan fingerprint density at radius 2 is 2.24 bits per heavy atom. The van der Waals surface area contributed by atoms with E-state index in [1.165, 1.54) is 0 Å². The summed E-state index contributed by atoms with van der Waals surface area (Å²) in [5.41, 5.74) is 1.89. The fourth-order valence-electron chi connectivity index (χ4n) is 2.86. The minimum atomic E-state index is -0.106. The number of fused-ring (bicyclic) bond motifs is 1.